The van der Waals surface area contributed by atoms with Gasteiger partial charge in [-0.15, -0.1) is 0 Å². The Hall–Kier alpha value is -1.88. The quantitative estimate of drug-likeness (QED) is 0.866. The monoisotopic (exact) mass is 290 g/mol. The molecule has 21 heavy (non-hydrogen) atoms. The van der Waals surface area contributed by atoms with E-state index >= 15 is 0 Å². The zero-order valence-corrected chi connectivity index (χ0v) is 12.3. The molecule has 1 aromatic carbocycles. The summed E-state index contributed by atoms with van der Waals surface area (Å²) in [5, 5.41) is 12.2. The van der Waals surface area contributed by atoms with Crippen LogP contribution in [0.5, 0.6) is 0 Å². The summed E-state index contributed by atoms with van der Waals surface area (Å²) in [7, 11) is 0. The average Bonchev–Trinajstić information content (AvgIpc) is 2.50. The highest BCUT2D eigenvalue weighted by atomic mass is 16.4. The lowest BCUT2D eigenvalue weighted by molar-refractivity contribution is -0.143. The fraction of sp³-hybridized carbons (Fsp3) is 0.500. The smallest absolute Gasteiger partial charge is 0.320 e. The summed E-state index contributed by atoms with van der Waals surface area (Å²) in [6.07, 6.45) is 2.20. The summed E-state index contributed by atoms with van der Waals surface area (Å²) in [5.41, 5.74) is 0.664. The Kier molecular flexibility index (Phi) is 5.33. The van der Waals surface area contributed by atoms with Crippen molar-refractivity contribution in [3.8, 4) is 0 Å². The minimum absolute atomic E-state index is 0.0562. The van der Waals surface area contributed by atoms with E-state index in [2.05, 4.69) is 5.32 Å². The first-order valence-corrected chi connectivity index (χ1v) is 7.44. The van der Waals surface area contributed by atoms with Gasteiger partial charge >= 0.3 is 5.97 Å². The summed E-state index contributed by atoms with van der Waals surface area (Å²) < 4.78 is 0. The van der Waals surface area contributed by atoms with E-state index in [1.165, 1.54) is 0 Å². The number of carboxylic acid groups (broad SMARTS) is 1. The molecule has 5 heteroatoms. The first-order valence-electron chi connectivity index (χ1n) is 7.44. The number of carboxylic acids is 1. The second kappa shape index (κ2) is 7.22. The fourth-order valence-electron chi connectivity index (χ4n) is 2.80. The molecule has 1 amide bonds. The van der Waals surface area contributed by atoms with Crippen molar-refractivity contribution in [2.24, 2.45) is 0 Å². The van der Waals surface area contributed by atoms with Gasteiger partial charge in [-0.3, -0.25) is 14.5 Å². The number of benzene rings is 1. The van der Waals surface area contributed by atoms with Crippen molar-refractivity contribution in [2.75, 3.05) is 13.1 Å². The number of hydrogen-bond acceptors (Lipinski definition) is 3. The van der Waals surface area contributed by atoms with Crippen LogP contribution < -0.4 is 5.32 Å². The fourth-order valence-corrected chi connectivity index (χ4v) is 2.80. The number of nitrogens with zero attached hydrogens (tertiary/aromatic N) is 1. The first-order chi connectivity index (χ1) is 10.1. The number of aliphatic carboxylic acids is 1. The molecule has 1 unspecified atom stereocenters. The molecule has 1 aliphatic rings. The normalized spacial score (nSPS) is 18.1. The maximum Gasteiger partial charge on any atom is 0.320 e. The number of hydrogen-bond donors (Lipinski definition) is 2. The molecule has 0 saturated carbocycles. The zero-order chi connectivity index (χ0) is 15.2. The van der Waals surface area contributed by atoms with Gasteiger partial charge in [0.2, 0.25) is 0 Å². The van der Waals surface area contributed by atoms with E-state index in [0.717, 1.165) is 12.8 Å². The topological polar surface area (TPSA) is 69.6 Å². The molecular formula is C16H22N2O3. The van der Waals surface area contributed by atoms with E-state index < -0.39 is 12.0 Å². The lowest BCUT2D eigenvalue weighted by Gasteiger charge is -2.35. The number of nitrogens with one attached hydrogen (secondary N) is 1. The van der Waals surface area contributed by atoms with Crippen LogP contribution in [0.3, 0.4) is 0 Å². The van der Waals surface area contributed by atoms with Crippen LogP contribution in [-0.4, -0.2) is 47.1 Å². The molecule has 1 saturated heterocycles. The largest absolute Gasteiger partial charge is 0.480 e. The van der Waals surface area contributed by atoms with E-state index in [0.29, 0.717) is 25.1 Å². The number of likely N-dealkylation sites (tertiary alicyclic amines) is 1. The SMILES string of the molecule is CCC(C(=O)O)N1CCC(NC(=O)c2ccccc2)CC1. The van der Waals surface area contributed by atoms with Crippen LogP contribution in [0.25, 0.3) is 0 Å². The summed E-state index contributed by atoms with van der Waals surface area (Å²) in [6, 6.07) is 8.87. The summed E-state index contributed by atoms with van der Waals surface area (Å²) in [5.74, 6) is -0.816. The Bertz CT molecular complexity index is 482. The van der Waals surface area contributed by atoms with Gasteiger partial charge in [-0.25, -0.2) is 0 Å². The molecule has 0 aliphatic carbocycles. The van der Waals surface area contributed by atoms with E-state index in [9.17, 15) is 14.7 Å². The van der Waals surface area contributed by atoms with Crippen LogP contribution in [0.2, 0.25) is 0 Å². The highest BCUT2D eigenvalue weighted by Gasteiger charge is 2.28. The van der Waals surface area contributed by atoms with Crippen LogP contribution in [0.1, 0.15) is 36.5 Å². The Morgan fingerprint density at radius 3 is 2.43 bits per heavy atom. The Balaban J connectivity index is 1.84. The van der Waals surface area contributed by atoms with Gasteiger partial charge in [-0.05, 0) is 31.4 Å². The lowest BCUT2D eigenvalue weighted by Crippen LogP contribution is -2.50. The van der Waals surface area contributed by atoms with Gasteiger partial charge in [0.25, 0.3) is 5.91 Å². The highest BCUT2D eigenvalue weighted by Crippen LogP contribution is 2.16. The summed E-state index contributed by atoms with van der Waals surface area (Å²) >= 11 is 0. The van der Waals surface area contributed by atoms with Crippen LogP contribution in [0.15, 0.2) is 30.3 Å². The van der Waals surface area contributed by atoms with Crippen LogP contribution >= 0.6 is 0 Å². The molecular weight excluding hydrogens is 268 g/mol. The third-order valence-corrected chi connectivity index (χ3v) is 4.01. The number of carbonyl (C=O) groups is 2. The minimum Gasteiger partial charge on any atom is -0.480 e. The standard InChI is InChI=1S/C16H22N2O3/c1-2-14(16(20)21)18-10-8-13(9-11-18)17-15(19)12-6-4-3-5-7-12/h3-7,13-14H,2,8-11H2,1H3,(H,17,19)(H,20,21). The van der Waals surface area contributed by atoms with E-state index in [1.54, 1.807) is 12.1 Å². The van der Waals surface area contributed by atoms with Crippen molar-refractivity contribution in [2.45, 2.75) is 38.3 Å². The number of carbonyl (C=O) groups excluding carboxylic acids is 1. The lowest BCUT2D eigenvalue weighted by atomic mass is 10.0. The van der Waals surface area contributed by atoms with Gasteiger partial charge in [0.15, 0.2) is 0 Å². The van der Waals surface area contributed by atoms with Gasteiger partial charge in [0, 0.05) is 24.7 Å². The Labute approximate surface area is 125 Å². The van der Waals surface area contributed by atoms with Gasteiger partial charge in [0.1, 0.15) is 6.04 Å². The van der Waals surface area contributed by atoms with E-state index in [1.807, 2.05) is 30.0 Å². The summed E-state index contributed by atoms with van der Waals surface area (Å²) in [6.45, 7) is 3.32. The van der Waals surface area contributed by atoms with Crippen molar-refractivity contribution in [3.05, 3.63) is 35.9 Å². The molecule has 5 nitrogen and oxygen atoms in total. The maximum absolute atomic E-state index is 12.1. The van der Waals surface area contributed by atoms with Crippen LogP contribution in [-0.2, 0) is 4.79 Å². The van der Waals surface area contributed by atoms with Crippen molar-refractivity contribution in [1.29, 1.82) is 0 Å². The molecule has 1 aromatic rings. The average molecular weight is 290 g/mol. The highest BCUT2D eigenvalue weighted by molar-refractivity contribution is 5.94. The molecule has 1 atom stereocenters. The summed E-state index contributed by atoms with van der Waals surface area (Å²) in [4.78, 5) is 25.2. The van der Waals surface area contributed by atoms with Crippen LogP contribution in [0, 0.1) is 0 Å². The van der Waals surface area contributed by atoms with E-state index in [-0.39, 0.29) is 11.9 Å². The van der Waals surface area contributed by atoms with Crippen LogP contribution in [0.4, 0.5) is 0 Å². The van der Waals surface area contributed by atoms with Crippen molar-refractivity contribution < 1.29 is 14.7 Å². The molecule has 1 fully saturated rings. The molecule has 0 bridgehead atoms. The molecule has 1 heterocycles. The maximum atomic E-state index is 12.1. The van der Waals surface area contributed by atoms with Crippen molar-refractivity contribution >= 4 is 11.9 Å². The van der Waals surface area contributed by atoms with Gasteiger partial charge < -0.3 is 10.4 Å². The zero-order valence-electron chi connectivity index (χ0n) is 12.3. The van der Waals surface area contributed by atoms with Gasteiger partial charge in [-0.1, -0.05) is 25.1 Å². The molecule has 0 radical (unpaired) electrons. The predicted octanol–water partition coefficient (Wildman–Crippen LogP) is 1.74. The number of rotatable bonds is 5. The van der Waals surface area contributed by atoms with Gasteiger partial charge in [0.05, 0.1) is 0 Å². The first kappa shape index (κ1) is 15.5. The molecule has 2 rings (SSSR count). The Morgan fingerprint density at radius 1 is 1.29 bits per heavy atom. The second-order valence-corrected chi connectivity index (χ2v) is 5.41. The third kappa shape index (κ3) is 4.04. The second-order valence-electron chi connectivity index (χ2n) is 5.41. The number of piperidine rings is 1. The molecule has 0 spiro atoms. The van der Waals surface area contributed by atoms with E-state index in [4.69, 9.17) is 0 Å². The van der Waals surface area contributed by atoms with Crippen molar-refractivity contribution in [1.82, 2.24) is 10.2 Å². The Morgan fingerprint density at radius 2 is 1.90 bits per heavy atom. The van der Waals surface area contributed by atoms with Crippen molar-refractivity contribution in [3.63, 3.8) is 0 Å². The minimum atomic E-state index is -0.760. The third-order valence-electron chi connectivity index (χ3n) is 4.01. The number of amides is 1. The van der Waals surface area contributed by atoms with Gasteiger partial charge in [-0.2, -0.15) is 0 Å². The molecule has 1 aliphatic heterocycles. The molecule has 2 N–H and O–H groups in total. The molecule has 114 valence electrons. The molecule has 0 aromatic heterocycles. The predicted molar refractivity (Wildman–Crippen MR) is 80.2 cm³/mol.